The van der Waals surface area contributed by atoms with Gasteiger partial charge in [0.15, 0.2) is 5.13 Å². The number of nitrogens with zero attached hydrogens (tertiary/aromatic N) is 2. The van der Waals surface area contributed by atoms with Crippen molar-refractivity contribution in [3.63, 3.8) is 0 Å². The molecule has 2 aromatic rings. The molecule has 0 saturated heterocycles. The van der Waals surface area contributed by atoms with Gasteiger partial charge in [-0.2, -0.15) is 0 Å². The first-order chi connectivity index (χ1) is 9.29. The third kappa shape index (κ3) is 4.71. The number of aromatic nitrogens is 2. The summed E-state index contributed by atoms with van der Waals surface area (Å²) in [7, 11) is 0. The second-order valence-electron chi connectivity index (χ2n) is 5.61. The molecule has 8 heteroatoms. The molecule has 22 heavy (non-hydrogen) atoms. The summed E-state index contributed by atoms with van der Waals surface area (Å²) in [5, 5.41) is 5.67. The van der Waals surface area contributed by atoms with Crippen molar-refractivity contribution in [2.24, 2.45) is 5.73 Å². The van der Waals surface area contributed by atoms with E-state index in [2.05, 4.69) is 10.3 Å². The molecule has 124 valence electrons. The predicted molar refractivity (Wildman–Crippen MR) is 96.0 cm³/mol. The molecule has 0 saturated carbocycles. The molecule has 0 unspecified atom stereocenters. The highest BCUT2D eigenvalue weighted by molar-refractivity contribution is 7.12. The molecule has 0 aromatic carbocycles. The van der Waals surface area contributed by atoms with E-state index < -0.39 is 5.54 Å². The Morgan fingerprint density at radius 3 is 2.55 bits per heavy atom. The molecule has 0 fully saturated rings. The van der Waals surface area contributed by atoms with Crippen LogP contribution in [0.25, 0.3) is 5.13 Å². The van der Waals surface area contributed by atoms with E-state index in [4.69, 9.17) is 5.73 Å². The minimum absolute atomic E-state index is 0. The number of carbonyl (C=O) groups excluding carboxylic acids is 1. The molecule has 0 aliphatic carbocycles. The summed E-state index contributed by atoms with van der Waals surface area (Å²) in [5.41, 5.74) is 8.02. The zero-order valence-corrected chi connectivity index (χ0v) is 15.5. The van der Waals surface area contributed by atoms with Crippen LogP contribution >= 0.6 is 36.2 Å². The van der Waals surface area contributed by atoms with Crippen LogP contribution in [0.1, 0.15) is 35.6 Å². The summed E-state index contributed by atoms with van der Waals surface area (Å²) in [5.74, 6) is -0.0977. The maximum absolute atomic E-state index is 12.3. The number of hydrogen-bond donors (Lipinski definition) is 2. The lowest BCUT2D eigenvalue weighted by Gasteiger charge is -2.18. The van der Waals surface area contributed by atoms with Gasteiger partial charge in [-0.3, -0.25) is 9.36 Å². The van der Waals surface area contributed by atoms with E-state index in [1.54, 1.807) is 17.5 Å². The lowest BCUT2D eigenvalue weighted by atomic mass is 10.1. The van der Waals surface area contributed by atoms with Gasteiger partial charge in [-0.1, -0.05) is 0 Å². The Labute approximate surface area is 147 Å². The summed E-state index contributed by atoms with van der Waals surface area (Å²) in [4.78, 5) is 16.5. The first-order valence-corrected chi connectivity index (χ1v) is 7.33. The van der Waals surface area contributed by atoms with Crippen LogP contribution in [-0.2, 0) is 0 Å². The van der Waals surface area contributed by atoms with E-state index in [0.29, 0.717) is 12.1 Å². The fourth-order valence-corrected chi connectivity index (χ4v) is 2.77. The number of amides is 1. The Hall–Kier alpha value is -1.08. The Bertz CT molecular complexity index is 618. The molecule has 0 spiro atoms. The third-order valence-electron chi connectivity index (χ3n) is 2.99. The molecule has 1 amide bonds. The highest BCUT2D eigenvalue weighted by Gasteiger charge is 2.19. The lowest BCUT2D eigenvalue weighted by molar-refractivity contribution is 0.0945. The molecule has 0 bridgehead atoms. The van der Waals surface area contributed by atoms with Gasteiger partial charge >= 0.3 is 0 Å². The fourth-order valence-electron chi connectivity index (χ4n) is 2.02. The second kappa shape index (κ2) is 7.97. The standard InChI is InChI=1S/C14H20N4OS.2ClH/c1-9-7-11(12(19)17-8-14(3,4)15)10(2)18(9)13-16-5-6-20-13;;/h5-7H,8,15H2,1-4H3,(H,17,19);2*1H. The number of aryl methyl sites for hydroxylation is 1. The summed E-state index contributed by atoms with van der Waals surface area (Å²) < 4.78 is 1.99. The maximum Gasteiger partial charge on any atom is 0.253 e. The summed E-state index contributed by atoms with van der Waals surface area (Å²) in [6.07, 6.45) is 1.76. The van der Waals surface area contributed by atoms with Crippen LogP contribution in [0.3, 0.4) is 0 Å². The van der Waals surface area contributed by atoms with Gasteiger partial charge in [0.05, 0.1) is 5.56 Å². The molecule has 2 aromatic heterocycles. The largest absolute Gasteiger partial charge is 0.350 e. The van der Waals surface area contributed by atoms with Crippen molar-refractivity contribution in [2.75, 3.05) is 6.54 Å². The molecular formula is C14H22Cl2N4OS. The number of carbonyl (C=O) groups is 1. The molecule has 0 aliphatic heterocycles. The van der Waals surface area contributed by atoms with E-state index in [1.807, 2.05) is 43.7 Å². The van der Waals surface area contributed by atoms with E-state index in [0.717, 1.165) is 16.5 Å². The van der Waals surface area contributed by atoms with E-state index in [-0.39, 0.29) is 30.7 Å². The topological polar surface area (TPSA) is 72.9 Å². The van der Waals surface area contributed by atoms with Gasteiger partial charge in [0.25, 0.3) is 5.91 Å². The molecule has 0 radical (unpaired) electrons. The van der Waals surface area contributed by atoms with Crippen LogP contribution < -0.4 is 11.1 Å². The minimum Gasteiger partial charge on any atom is -0.350 e. The van der Waals surface area contributed by atoms with Gasteiger partial charge < -0.3 is 11.1 Å². The minimum atomic E-state index is -0.420. The molecule has 5 nitrogen and oxygen atoms in total. The van der Waals surface area contributed by atoms with Gasteiger partial charge in [-0.15, -0.1) is 36.2 Å². The number of thiazole rings is 1. The Balaban J connectivity index is 0.00000220. The Morgan fingerprint density at radius 2 is 2.05 bits per heavy atom. The maximum atomic E-state index is 12.3. The highest BCUT2D eigenvalue weighted by atomic mass is 35.5. The van der Waals surface area contributed by atoms with Crippen molar-refractivity contribution in [1.29, 1.82) is 0 Å². The normalized spacial score (nSPS) is 10.6. The molecular weight excluding hydrogens is 343 g/mol. The average molecular weight is 365 g/mol. The first-order valence-electron chi connectivity index (χ1n) is 6.45. The van der Waals surface area contributed by atoms with Gasteiger partial charge in [0.1, 0.15) is 0 Å². The van der Waals surface area contributed by atoms with Crippen molar-refractivity contribution in [3.8, 4) is 5.13 Å². The van der Waals surface area contributed by atoms with Gasteiger partial charge in [-0.25, -0.2) is 4.98 Å². The van der Waals surface area contributed by atoms with Crippen molar-refractivity contribution in [3.05, 3.63) is 34.6 Å². The fraction of sp³-hybridized carbons (Fsp3) is 0.429. The molecule has 2 heterocycles. The molecule has 0 aliphatic rings. The summed E-state index contributed by atoms with van der Waals surface area (Å²) in [6, 6.07) is 1.88. The summed E-state index contributed by atoms with van der Waals surface area (Å²) >= 11 is 1.55. The zero-order valence-electron chi connectivity index (χ0n) is 13.0. The number of halogens is 2. The van der Waals surface area contributed by atoms with Crippen LogP contribution in [0.15, 0.2) is 17.6 Å². The van der Waals surface area contributed by atoms with Crippen LogP contribution in [0.5, 0.6) is 0 Å². The number of nitrogens with two attached hydrogens (primary N) is 1. The molecule has 3 N–H and O–H groups in total. The highest BCUT2D eigenvalue weighted by Crippen LogP contribution is 2.22. The number of hydrogen-bond acceptors (Lipinski definition) is 4. The van der Waals surface area contributed by atoms with Crippen LogP contribution in [0.4, 0.5) is 0 Å². The smallest absolute Gasteiger partial charge is 0.253 e. The number of nitrogens with one attached hydrogen (secondary N) is 1. The monoisotopic (exact) mass is 364 g/mol. The Morgan fingerprint density at radius 1 is 1.41 bits per heavy atom. The zero-order chi connectivity index (χ0) is 14.9. The second-order valence-corrected chi connectivity index (χ2v) is 6.48. The van der Waals surface area contributed by atoms with Gasteiger partial charge in [0, 0.05) is 35.0 Å². The van der Waals surface area contributed by atoms with Gasteiger partial charge in [-0.05, 0) is 33.8 Å². The van der Waals surface area contributed by atoms with Crippen molar-refractivity contribution >= 4 is 42.1 Å². The van der Waals surface area contributed by atoms with Crippen molar-refractivity contribution in [2.45, 2.75) is 33.2 Å². The Kier molecular flexibility index (Phi) is 7.57. The van der Waals surface area contributed by atoms with Gasteiger partial charge in [0.2, 0.25) is 0 Å². The first kappa shape index (κ1) is 20.9. The van der Waals surface area contributed by atoms with Crippen LogP contribution in [-0.4, -0.2) is 27.5 Å². The van der Waals surface area contributed by atoms with Crippen LogP contribution in [0, 0.1) is 13.8 Å². The SMILES string of the molecule is Cc1cc(C(=O)NCC(C)(C)N)c(C)n1-c1nccs1.Cl.Cl. The van der Waals surface area contributed by atoms with Crippen molar-refractivity contribution < 1.29 is 4.79 Å². The molecule has 2 rings (SSSR count). The van der Waals surface area contributed by atoms with Crippen LogP contribution in [0.2, 0.25) is 0 Å². The summed E-state index contributed by atoms with van der Waals surface area (Å²) in [6.45, 7) is 8.10. The van der Waals surface area contributed by atoms with E-state index in [9.17, 15) is 4.79 Å². The third-order valence-corrected chi connectivity index (χ3v) is 3.75. The number of rotatable bonds is 4. The average Bonchev–Trinajstić information content (AvgIpc) is 2.93. The lowest BCUT2D eigenvalue weighted by Crippen LogP contribution is -2.45. The van der Waals surface area contributed by atoms with Crippen molar-refractivity contribution in [1.82, 2.24) is 14.9 Å². The van der Waals surface area contributed by atoms with E-state index in [1.165, 1.54) is 0 Å². The van der Waals surface area contributed by atoms with E-state index >= 15 is 0 Å². The molecule has 0 atom stereocenters. The quantitative estimate of drug-likeness (QED) is 0.875. The predicted octanol–water partition coefficient (Wildman–Crippen LogP) is 2.86.